The Bertz CT molecular complexity index is 780. The Hall–Kier alpha value is -0.950. The molecule has 0 N–H and O–H groups in total. The predicted octanol–water partition coefficient (Wildman–Crippen LogP) is 3.05. The second kappa shape index (κ2) is 7.58. The third-order valence-electron chi connectivity index (χ3n) is 8.27. The molecule has 0 aromatic carbocycles. The molecule has 7 heteroatoms. The first-order chi connectivity index (χ1) is 14.4. The van der Waals surface area contributed by atoms with Crippen LogP contribution in [0.1, 0.15) is 45.4 Å². The minimum absolute atomic E-state index is 0.0405. The van der Waals surface area contributed by atoms with Crippen LogP contribution in [0.2, 0.25) is 0 Å². The molecule has 0 aromatic rings. The fourth-order valence-corrected chi connectivity index (χ4v) is 7.13. The molecule has 3 aliphatic carbocycles. The van der Waals surface area contributed by atoms with Crippen molar-refractivity contribution in [2.24, 2.45) is 23.7 Å². The first kappa shape index (κ1) is 20.9. The topological polar surface area (TPSA) is 71.1 Å². The Morgan fingerprint density at radius 2 is 1.83 bits per heavy atom. The largest absolute Gasteiger partial charge is 0.494 e. The maximum atomic E-state index is 14.0. The molecular formula is C23H31ClO6. The normalized spacial score (nSPS) is 48.3. The molecule has 2 aliphatic heterocycles. The zero-order valence-electron chi connectivity index (χ0n) is 17.9. The van der Waals surface area contributed by atoms with Crippen LogP contribution in [0.4, 0.5) is 0 Å². The summed E-state index contributed by atoms with van der Waals surface area (Å²) in [5, 5.41) is -0.463. The number of methoxy groups -OCH3 is 2. The van der Waals surface area contributed by atoms with Gasteiger partial charge in [0.25, 0.3) is 0 Å². The minimum atomic E-state index is -1.24. The smallest absolute Gasteiger partial charge is 0.187 e. The Morgan fingerprint density at radius 3 is 2.57 bits per heavy atom. The Balaban J connectivity index is 1.61. The summed E-state index contributed by atoms with van der Waals surface area (Å²) in [7, 11) is 3.24. The summed E-state index contributed by atoms with van der Waals surface area (Å²) in [6, 6.07) is 0. The number of ether oxygens (including phenoxy) is 4. The number of hydrogen-bond donors (Lipinski definition) is 0. The number of halogens is 1. The summed E-state index contributed by atoms with van der Waals surface area (Å²) >= 11 is 6.75. The molecule has 2 heterocycles. The Labute approximate surface area is 182 Å². The van der Waals surface area contributed by atoms with Gasteiger partial charge in [-0.3, -0.25) is 9.59 Å². The first-order valence-corrected chi connectivity index (χ1v) is 11.7. The number of rotatable bonds is 2. The average molecular weight is 439 g/mol. The Morgan fingerprint density at radius 1 is 1.10 bits per heavy atom. The van der Waals surface area contributed by atoms with Gasteiger partial charge in [0.1, 0.15) is 5.76 Å². The molecule has 166 valence electrons. The summed E-state index contributed by atoms with van der Waals surface area (Å²) in [6.07, 6.45) is 4.05. The van der Waals surface area contributed by atoms with Crippen molar-refractivity contribution in [1.29, 1.82) is 0 Å². The average Bonchev–Trinajstić information content (AvgIpc) is 3.07. The van der Waals surface area contributed by atoms with Gasteiger partial charge < -0.3 is 18.9 Å². The van der Waals surface area contributed by atoms with Crippen molar-refractivity contribution >= 4 is 23.2 Å². The zero-order valence-corrected chi connectivity index (χ0v) is 18.7. The van der Waals surface area contributed by atoms with Crippen LogP contribution in [0.15, 0.2) is 11.3 Å². The SMILES string of the molecule is COC1CC(OC)C2C(=O)[C@@]3(OC2C1Cl)C1=C(C(=O)C[C@H]3C)C2CCCCC2CO1. The second-order valence-electron chi connectivity index (χ2n) is 9.67. The van der Waals surface area contributed by atoms with E-state index in [4.69, 9.17) is 30.5 Å². The van der Waals surface area contributed by atoms with Gasteiger partial charge >= 0.3 is 0 Å². The number of ketones is 2. The van der Waals surface area contributed by atoms with Gasteiger partial charge in [-0.15, -0.1) is 11.6 Å². The van der Waals surface area contributed by atoms with E-state index in [1.165, 1.54) is 6.42 Å². The molecule has 0 amide bonds. The van der Waals surface area contributed by atoms with Crippen molar-refractivity contribution in [2.45, 2.75) is 74.7 Å². The predicted molar refractivity (Wildman–Crippen MR) is 109 cm³/mol. The second-order valence-corrected chi connectivity index (χ2v) is 10.2. The van der Waals surface area contributed by atoms with Crippen LogP contribution in [0.25, 0.3) is 0 Å². The van der Waals surface area contributed by atoms with Crippen LogP contribution in [-0.4, -0.2) is 61.7 Å². The quantitative estimate of drug-likeness (QED) is 0.617. The molecule has 1 spiro atoms. The molecule has 0 aromatic heterocycles. The van der Waals surface area contributed by atoms with Crippen LogP contribution in [0.5, 0.6) is 0 Å². The highest BCUT2D eigenvalue weighted by Crippen LogP contribution is 2.56. The molecule has 5 rings (SSSR count). The van der Waals surface area contributed by atoms with E-state index in [0.717, 1.165) is 24.8 Å². The molecule has 30 heavy (non-hydrogen) atoms. The van der Waals surface area contributed by atoms with Crippen LogP contribution in [-0.2, 0) is 28.5 Å². The number of carbonyl (C=O) groups excluding carboxylic acids is 2. The summed E-state index contributed by atoms with van der Waals surface area (Å²) in [5.74, 6) is 0.311. The van der Waals surface area contributed by atoms with E-state index in [-0.39, 0.29) is 35.6 Å². The van der Waals surface area contributed by atoms with E-state index in [1.807, 2.05) is 6.92 Å². The van der Waals surface area contributed by atoms with Gasteiger partial charge in [-0.25, -0.2) is 0 Å². The van der Waals surface area contributed by atoms with Crippen molar-refractivity contribution in [1.82, 2.24) is 0 Å². The third kappa shape index (κ3) is 2.73. The molecule has 3 fully saturated rings. The monoisotopic (exact) mass is 438 g/mol. The van der Waals surface area contributed by atoms with Gasteiger partial charge in [0.2, 0.25) is 0 Å². The number of allylic oxidation sites excluding steroid dienone is 1. The molecule has 1 saturated heterocycles. The number of Topliss-reactive ketones (excluding diaryl/α,β-unsaturated/α-hetero) is 2. The lowest BCUT2D eigenvalue weighted by Gasteiger charge is -2.47. The third-order valence-corrected chi connectivity index (χ3v) is 8.80. The van der Waals surface area contributed by atoms with E-state index < -0.39 is 23.0 Å². The highest BCUT2D eigenvalue weighted by Gasteiger charge is 2.68. The van der Waals surface area contributed by atoms with E-state index in [2.05, 4.69) is 0 Å². The summed E-state index contributed by atoms with van der Waals surface area (Å²) in [4.78, 5) is 27.2. The van der Waals surface area contributed by atoms with E-state index in [1.54, 1.807) is 14.2 Å². The summed E-state index contributed by atoms with van der Waals surface area (Å²) in [6.45, 7) is 2.47. The van der Waals surface area contributed by atoms with Crippen molar-refractivity contribution < 1.29 is 28.5 Å². The van der Waals surface area contributed by atoms with Gasteiger partial charge in [0, 0.05) is 44.5 Å². The number of carbonyl (C=O) groups is 2. The van der Waals surface area contributed by atoms with Crippen LogP contribution in [0, 0.1) is 23.7 Å². The lowest BCUT2D eigenvalue weighted by Crippen LogP contribution is -2.54. The van der Waals surface area contributed by atoms with Crippen molar-refractivity contribution in [3.8, 4) is 0 Å². The Kier molecular flexibility index (Phi) is 5.28. The number of fused-ring (bicyclic) bond motifs is 4. The number of alkyl halides is 1. The van der Waals surface area contributed by atoms with Gasteiger partial charge in [0.15, 0.2) is 17.2 Å². The molecule has 0 bridgehead atoms. The highest BCUT2D eigenvalue weighted by molar-refractivity contribution is 6.22. The molecule has 2 saturated carbocycles. The summed E-state index contributed by atoms with van der Waals surface area (Å²) < 4.78 is 24.2. The minimum Gasteiger partial charge on any atom is -0.494 e. The molecule has 6 nitrogen and oxygen atoms in total. The van der Waals surface area contributed by atoms with Crippen LogP contribution < -0.4 is 0 Å². The van der Waals surface area contributed by atoms with Gasteiger partial charge in [0.05, 0.1) is 36.2 Å². The molecule has 0 radical (unpaired) electrons. The maximum absolute atomic E-state index is 14.0. The van der Waals surface area contributed by atoms with Crippen LogP contribution in [0.3, 0.4) is 0 Å². The number of hydrogen-bond acceptors (Lipinski definition) is 6. The van der Waals surface area contributed by atoms with E-state index in [9.17, 15) is 9.59 Å². The highest BCUT2D eigenvalue weighted by atomic mass is 35.5. The van der Waals surface area contributed by atoms with E-state index >= 15 is 0 Å². The fourth-order valence-electron chi connectivity index (χ4n) is 6.72. The van der Waals surface area contributed by atoms with Crippen molar-refractivity contribution in [3.63, 3.8) is 0 Å². The first-order valence-electron chi connectivity index (χ1n) is 11.3. The van der Waals surface area contributed by atoms with Gasteiger partial charge in [-0.2, -0.15) is 0 Å². The standard InChI is InChI=1S/C23H31ClO6/c1-11-8-14(25)17-13-7-5-4-6-12(13)10-29-22(17)23(11)21(26)18-15(27-2)9-16(28-3)19(24)20(18)30-23/h11-13,15-16,18-20H,4-10H2,1-3H3/t11-,12?,13?,15?,16?,18?,19?,20?,23-/m1/s1. The summed E-state index contributed by atoms with van der Waals surface area (Å²) in [5.41, 5.74) is -0.521. The van der Waals surface area contributed by atoms with Crippen molar-refractivity contribution in [2.75, 3.05) is 20.8 Å². The molecular weight excluding hydrogens is 408 g/mol. The fraction of sp³-hybridized carbons (Fsp3) is 0.826. The molecule has 7 unspecified atom stereocenters. The van der Waals surface area contributed by atoms with Gasteiger partial charge in [-0.05, 0) is 18.8 Å². The lowest BCUT2D eigenvalue weighted by atomic mass is 9.64. The zero-order chi connectivity index (χ0) is 21.2. The van der Waals surface area contributed by atoms with E-state index in [0.29, 0.717) is 31.1 Å². The lowest BCUT2D eigenvalue weighted by molar-refractivity contribution is -0.151. The maximum Gasteiger partial charge on any atom is 0.187 e. The molecule has 5 aliphatic rings. The van der Waals surface area contributed by atoms with Crippen molar-refractivity contribution in [3.05, 3.63) is 11.3 Å². The van der Waals surface area contributed by atoms with Gasteiger partial charge in [-0.1, -0.05) is 19.8 Å². The molecule has 9 atom stereocenters. The van der Waals surface area contributed by atoms with Crippen LogP contribution >= 0.6 is 11.6 Å².